The van der Waals surface area contributed by atoms with Crippen molar-refractivity contribution in [2.24, 2.45) is 5.92 Å². The van der Waals surface area contributed by atoms with Gasteiger partial charge in [0.05, 0.1) is 0 Å². The highest BCUT2D eigenvalue weighted by Crippen LogP contribution is 2.44. The molecule has 1 aromatic carbocycles. The summed E-state index contributed by atoms with van der Waals surface area (Å²) in [4.78, 5) is 0. The van der Waals surface area contributed by atoms with Crippen molar-refractivity contribution in [1.29, 1.82) is 0 Å². The molecule has 2 N–H and O–H groups in total. The van der Waals surface area contributed by atoms with Crippen LogP contribution in [0, 0.1) is 5.92 Å². The van der Waals surface area contributed by atoms with E-state index in [-0.39, 0.29) is 5.54 Å². The minimum absolute atomic E-state index is 0.252. The van der Waals surface area contributed by atoms with Crippen LogP contribution in [0.5, 0.6) is 0 Å². The van der Waals surface area contributed by atoms with Gasteiger partial charge in [0.2, 0.25) is 0 Å². The van der Waals surface area contributed by atoms with Crippen LogP contribution in [-0.4, -0.2) is 20.1 Å². The van der Waals surface area contributed by atoms with Crippen LogP contribution >= 0.6 is 0 Å². The molecule has 0 radical (unpaired) electrons. The molecule has 1 aromatic rings. The van der Waals surface area contributed by atoms with Crippen LogP contribution in [-0.2, 0) is 12.0 Å². The lowest BCUT2D eigenvalue weighted by Gasteiger charge is -2.40. The number of hydrogen-bond acceptors (Lipinski definition) is 2. The third-order valence-corrected chi connectivity index (χ3v) is 4.19. The summed E-state index contributed by atoms with van der Waals surface area (Å²) in [6, 6.07) is 8.92. The Labute approximate surface area is 91.1 Å². The van der Waals surface area contributed by atoms with Gasteiger partial charge in [0.25, 0.3) is 0 Å². The van der Waals surface area contributed by atoms with Gasteiger partial charge in [-0.3, -0.25) is 0 Å². The monoisotopic (exact) mass is 202 g/mol. The third kappa shape index (κ3) is 1.18. The lowest BCUT2D eigenvalue weighted by Crippen LogP contribution is -2.53. The highest BCUT2D eigenvalue weighted by atomic mass is 15.0. The molecule has 0 bridgehead atoms. The Morgan fingerprint density at radius 1 is 1.40 bits per heavy atom. The molecule has 1 aliphatic heterocycles. The minimum Gasteiger partial charge on any atom is -0.316 e. The van der Waals surface area contributed by atoms with Crippen molar-refractivity contribution in [2.45, 2.75) is 18.4 Å². The Hall–Kier alpha value is -0.860. The molecule has 1 fully saturated rings. The Morgan fingerprint density at radius 3 is 3.13 bits per heavy atom. The van der Waals surface area contributed by atoms with Crippen molar-refractivity contribution in [2.75, 3.05) is 20.1 Å². The van der Waals surface area contributed by atoms with Gasteiger partial charge in [-0.15, -0.1) is 0 Å². The van der Waals surface area contributed by atoms with Gasteiger partial charge in [-0.2, -0.15) is 0 Å². The van der Waals surface area contributed by atoms with Gasteiger partial charge < -0.3 is 10.6 Å². The summed E-state index contributed by atoms with van der Waals surface area (Å²) < 4.78 is 0. The number of benzene rings is 1. The zero-order chi connectivity index (χ0) is 10.3. The molecule has 1 aliphatic carbocycles. The highest BCUT2D eigenvalue weighted by molar-refractivity contribution is 5.41. The first-order valence-corrected chi connectivity index (χ1v) is 5.85. The molecule has 2 heteroatoms. The van der Waals surface area contributed by atoms with Crippen LogP contribution in [0.25, 0.3) is 0 Å². The molecular weight excluding hydrogens is 184 g/mol. The summed E-state index contributed by atoms with van der Waals surface area (Å²) in [6.07, 6.45) is 2.44. The van der Waals surface area contributed by atoms with E-state index in [9.17, 15) is 0 Å². The summed E-state index contributed by atoms with van der Waals surface area (Å²) >= 11 is 0. The van der Waals surface area contributed by atoms with Gasteiger partial charge in [0, 0.05) is 12.1 Å². The van der Waals surface area contributed by atoms with Crippen LogP contribution in [0.15, 0.2) is 24.3 Å². The molecule has 80 valence electrons. The number of nitrogens with one attached hydrogen (secondary N) is 2. The molecular formula is C13H18N2. The number of rotatable bonds is 1. The zero-order valence-electron chi connectivity index (χ0n) is 9.22. The fourth-order valence-electron chi connectivity index (χ4n) is 3.40. The van der Waals surface area contributed by atoms with E-state index in [1.54, 1.807) is 11.1 Å². The molecule has 2 unspecified atom stereocenters. The van der Waals surface area contributed by atoms with E-state index in [4.69, 9.17) is 0 Å². The van der Waals surface area contributed by atoms with E-state index in [0.29, 0.717) is 0 Å². The fraction of sp³-hybridized carbons (Fsp3) is 0.538. The predicted octanol–water partition coefficient (Wildman–Crippen LogP) is 1.27. The van der Waals surface area contributed by atoms with Gasteiger partial charge in [-0.1, -0.05) is 24.3 Å². The van der Waals surface area contributed by atoms with Crippen LogP contribution < -0.4 is 10.6 Å². The van der Waals surface area contributed by atoms with Crippen LogP contribution in [0.3, 0.4) is 0 Å². The van der Waals surface area contributed by atoms with E-state index in [0.717, 1.165) is 19.0 Å². The van der Waals surface area contributed by atoms with Crippen molar-refractivity contribution >= 4 is 0 Å². The molecule has 2 atom stereocenters. The molecule has 2 aliphatic rings. The number of fused-ring (bicyclic) bond motifs is 3. The largest absolute Gasteiger partial charge is 0.316 e. The van der Waals surface area contributed by atoms with Gasteiger partial charge in [0.15, 0.2) is 0 Å². The normalized spacial score (nSPS) is 33.5. The molecule has 1 saturated heterocycles. The average molecular weight is 202 g/mol. The van der Waals surface area contributed by atoms with Gasteiger partial charge in [-0.25, -0.2) is 0 Å². The second-order valence-electron chi connectivity index (χ2n) is 4.73. The van der Waals surface area contributed by atoms with E-state index in [2.05, 4.69) is 41.9 Å². The first-order chi connectivity index (χ1) is 7.37. The van der Waals surface area contributed by atoms with Crippen molar-refractivity contribution < 1.29 is 0 Å². The summed E-state index contributed by atoms with van der Waals surface area (Å²) in [7, 11) is 2.11. The fourth-order valence-corrected chi connectivity index (χ4v) is 3.40. The zero-order valence-corrected chi connectivity index (χ0v) is 9.22. The lowest BCUT2D eigenvalue weighted by molar-refractivity contribution is 0.186. The molecule has 0 aromatic heterocycles. The summed E-state index contributed by atoms with van der Waals surface area (Å²) in [5.41, 5.74) is 3.33. The molecule has 0 saturated carbocycles. The molecule has 2 nitrogen and oxygen atoms in total. The summed E-state index contributed by atoms with van der Waals surface area (Å²) in [6.45, 7) is 2.28. The molecule has 15 heavy (non-hydrogen) atoms. The second kappa shape index (κ2) is 3.32. The standard InChI is InChI=1S/C13H18N2/c1-14-13-6-7-15-9-11(13)8-10-4-2-3-5-12(10)13/h2-5,11,14-15H,6-9H2,1H3. The molecule has 1 heterocycles. The van der Waals surface area contributed by atoms with Gasteiger partial charge >= 0.3 is 0 Å². The highest BCUT2D eigenvalue weighted by Gasteiger charge is 2.46. The molecule has 0 amide bonds. The minimum atomic E-state index is 0.252. The molecule has 0 spiro atoms. The van der Waals surface area contributed by atoms with Crippen LogP contribution in [0.2, 0.25) is 0 Å². The van der Waals surface area contributed by atoms with Crippen molar-refractivity contribution in [3.8, 4) is 0 Å². The maximum Gasteiger partial charge on any atom is 0.0491 e. The third-order valence-electron chi connectivity index (χ3n) is 4.19. The lowest BCUT2D eigenvalue weighted by atomic mass is 9.78. The second-order valence-corrected chi connectivity index (χ2v) is 4.73. The Balaban J connectivity index is 2.11. The first-order valence-electron chi connectivity index (χ1n) is 5.85. The summed E-state index contributed by atoms with van der Waals surface area (Å²) in [5, 5.41) is 7.11. The van der Waals surface area contributed by atoms with Crippen LogP contribution in [0.1, 0.15) is 17.5 Å². The first kappa shape index (κ1) is 9.37. The number of hydrogen-bond donors (Lipinski definition) is 2. The maximum atomic E-state index is 3.60. The van der Waals surface area contributed by atoms with E-state index < -0.39 is 0 Å². The maximum absolute atomic E-state index is 3.60. The van der Waals surface area contributed by atoms with E-state index >= 15 is 0 Å². The van der Waals surface area contributed by atoms with Gasteiger partial charge in [0.1, 0.15) is 0 Å². The molecule has 3 rings (SSSR count). The quantitative estimate of drug-likeness (QED) is 0.716. The predicted molar refractivity (Wildman–Crippen MR) is 61.9 cm³/mol. The average Bonchev–Trinajstić information content (AvgIpc) is 2.64. The van der Waals surface area contributed by atoms with E-state index in [1.165, 1.54) is 12.8 Å². The SMILES string of the molecule is CNC12CCNCC1Cc1ccccc12. The summed E-state index contributed by atoms with van der Waals surface area (Å²) in [5.74, 6) is 0.730. The van der Waals surface area contributed by atoms with Crippen LogP contribution in [0.4, 0.5) is 0 Å². The Bertz CT molecular complexity index is 375. The number of piperidine rings is 1. The Kier molecular flexibility index (Phi) is 2.08. The smallest absolute Gasteiger partial charge is 0.0491 e. The van der Waals surface area contributed by atoms with Crippen molar-refractivity contribution in [3.05, 3.63) is 35.4 Å². The van der Waals surface area contributed by atoms with Crippen molar-refractivity contribution in [1.82, 2.24) is 10.6 Å². The Morgan fingerprint density at radius 2 is 2.27 bits per heavy atom. The topological polar surface area (TPSA) is 24.1 Å². The van der Waals surface area contributed by atoms with Crippen molar-refractivity contribution in [3.63, 3.8) is 0 Å². The van der Waals surface area contributed by atoms with Gasteiger partial charge in [-0.05, 0) is 43.5 Å². The van der Waals surface area contributed by atoms with E-state index in [1.807, 2.05) is 0 Å².